The van der Waals surface area contributed by atoms with Crippen molar-refractivity contribution in [2.45, 2.75) is 38.3 Å². The molecule has 1 aromatic carbocycles. The fourth-order valence-corrected chi connectivity index (χ4v) is 3.34. The summed E-state index contributed by atoms with van der Waals surface area (Å²) in [6.45, 7) is 0.472. The van der Waals surface area contributed by atoms with Gasteiger partial charge in [-0.3, -0.25) is 4.79 Å². The lowest BCUT2D eigenvalue weighted by atomic mass is 10.1. The molecule has 0 atom stereocenters. The van der Waals surface area contributed by atoms with Crippen molar-refractivity contribution < 1.29 is 14.3 Å². The molecular weight excluding hydrogens is 324 g/mol. The van der Waals surface area contributed by atoms with Crippen molar-refractivity contribution in [2.24, 2.45) is 0 Å². The van der Waals surface area contributed by atoms with E-state index in [0.29, 0.717) is 24.7 Å². The zero-order chi connectivity index (χ0) is 16.9. The predicted molar refractivity (Wildman–Crippen MR) is 91.8 cm³/mol. The van der Waals surface area contributed by atoms with Gasteiger partial charge in [0, 0.05) is 17.8 Å². The fraction of sp³-hybridized carbons (Fsp3) is 0.389. The van der Waals surface area contributed by atoms with E-state index in [2.05, 4.69) is 9.72 Å². The number of hydrogen-bond acceptors (Lipinski definition) is 5. The molecule has 0 unspecified atom stereocenters. The largest absolute Gasteiger partial charge is 0.464 e. The average Bonchev–Trinajstić information content (AvgIpc) is 3.35. The van der Waals surface area contributed by atoms with Crippen LogP contribution < -0.4 is 0 Å². The van der Waals surface area contributed by atoms with Crippen LogP contribution in [0.15, 0.2) is 35.7 Å². The minimum absolute atomic E-state index is 0.149. The molecule has 1 aromatic heterocycles. The molecule has 0 spiro atoms. The summed E-state index contributed by atoms with van der Waals surface area (Å²) in [4.78, 5) is 30.3. The Bertz CT molecular complexity index is 710. The molecule has 1 saturated carbocycles. The number of benzene rings is 1. The number of methoxy groups -OCH3 is 1. The number of carbonyl (C=O) groups excluding carboxylic acids is 2. The van der Waals surface area contributed by atoms with Gasteiger partial charge in [-0.1, -0.05) is 30.3 Å². The lowest BCUT2D eigenvalue weighted by molar-refractivity contribution is -0.132. The van der Waals surface area contributed by atoms with E-state index in [0.717, 1.165) is 24.3 Å². The molecule has 6 heteroatoms. The second-order valence-corrected chi connectivity index (χ2v) is 6.80. The Morgan fingerprint density at radius 1 is 1.29 bits per heavy atom. The zero-order valence-corrected chi connectivity index (χ0v) is 14.4. The molecule has 2 aromatic rings. The normalized spacial score (nSPS) is 13.5. The monoisotopic (exact) mass is 344 g/mol. The topological polar surface area (TPSA) is 59.5 Å². The van der Waals surface area contributed by atoms with E-state index in [9.17, 15) is 9.59 Å². The molecule has 3 rings (SSSR count). The quantitative estimate of drug-likeness (QED) is 0.724. The van der Waals surface area contributed by atoms with Crippen LogP contribution in [-0.4, -0.2) is 34.9 Å². The smallest absolute Gasteiger partial charge is 0.357 e. The summed E-state index contributed by atoms with van der Waals surface area (Å²) < 4.78 is 4.67. The van der Waals surface area contributed by atoms with E-state index < -0.39 is 5.97 Å². The molecule has 1 heterocycles. The zero-order valence-electron chi connectivity index (χ0n) is 13.6. The third-order valence-corrected chi connectivity index (χ3v) is 4.86. The van der Waals surface area contributed by atoms with Crippen molar-refractivity contribution >= 4 is 23.2 Å². The Labute approximate surface area is 145 Å². The van der Waals surface area contributed by atoms with Gasteiger partial charge in [0.1, 0.15) is 5.01 Å². The minimum Gasteiger partial charge on any atom is -0.464 e. The van der Waals surface area contributed by atoms with Crippen LogP contribution in [-0.2, 0) is 22.5 Å². The third kappa shape index (κ3) is 4.20. The number of thiazole rings is 1. The molecule has 0 bridgehead atoms. The number of amides is 1. The van der Waals surface area contributed by atoms with E-state index in [1.807, 2.05) is 35.2 Å². The van der Waals surface area contributed by atoms with E-state index in [4.69, 9.17) is 0 Å². The van der Waals surface area contributed by atoms with Crippen molar-refractivity contribution in [3.8, 4) is 0 Å². The van der Waals surface area contributed by atoms with Crippen molar-refractivity contribution in [3.05, 3.63) is 52.0 Å². The van der Waals surface area contributed by atoms with Gasteiger partial charge in [0.05, 0.1) is 13.7 Å². The highest BCUT2D eigenvalue weighted by atomic mass is 32.1. The van der Waals surface area contributed by atoms with Gasteiger partial charge in [-0.15, -0.1) is 11.3 Å². The van der Waals surface area contributed by atoms with Gasteiger partial charge in [-0.25, -0.2) is 9.78 Å². The summed E-state index contributed by atoms with van der Waals surface area (Å²) in [5.41, 5.74) is 1.48. The Hall–Kier alpha value is -2.21. The van der Waals surface area contributed by atoms with Gasteiger partial charge >= 0.3 is 5.97 Å². The number of rotatable bonds is 7. The summed E-state index contributed by atoms with van der Waals surface area (Å²) >= 11 is 1.39. The molecular formula is C18H20N2O3S. The maximum Gasteiger partial charge on any atom is 0.357 e. The molecule has 1 aliphatic carbocycles. The SMILES string of the molecule is COC(=O)c1csc(CN(C(=O)CCc2ccccc2)C2CC2)n1. The van der Waals surface area contributed by atoms with Crippen LogP contribution >= 0.6 is 11.3 Å². The molecule has 1 amide bonds. The van der Waals surface area contributed by atoms with Gasteiger partial charge in [-0.2, -0.15) is 0 Å². The van der Waals surface area contributed by atoms with Crippen molar-refractivity contribution in [1.82, 2.24) is 9.88 Å². The van der Waals surface area contributed by atoms with E-state index in [1.165, 1.54) is 24.0 Å². The molecule has 0 aliphatic heterocycles. The number of aromatic nitrogens is 1. The van der Waals surface area contributed by atoms with E-state index in [1.54, 1.807) is 5.38 Å². The van der Waals surface area contributed by atoms with E-state index in [-0.39, 0.29) is 5.91 Å². The molecule has 1 aliphatic rings. The fourth-order valence-electron chi connectivity index (χ4n) is 2.57. The molecule has 5 nitrogen and oxygen atoms in total. The molecule has 0 radical (unpaired) electrons. The number of esters is 1. The average molecular weight is 344 g/mol. The first-order valence-electron chi connectivity index (χ1n) is 8.03. The van der Waals surface area contributed by atoms with Crippen LogP contribution in [0.4, 0.5) is 0 Å². The highest BCUT2D eigenvalue weighted by molar-refractivity contribution is 7.09. The van der Waals surface area contributed by atoms with E-state index >= 15 is 0 Å². The molecule has 0 N–H and O–H groups in total. The summed E-state index contributed by atoms with van der Waals surface area (Å²) in [6, 6.07) is 10.4. The lowest BCUT2D eigenvalue weighted by Gasteiger charge is -2.21. The number of hydrogen-bond donors (Lipinski definition) is 0. The highest BCUT2D eigenvalue weighted by Gasteiger charge is 2.33. The van der Waals surface area contributed by atoms with Crippen molar-refractivity contribution in [1.29, 1.82) is 0 Å². The van der Waals surface area contributed by atoms with Crippen LogP contribution in [0.5, 0.6) is 0 Å². The van der Waals surface area contributed by atoms with Gasteiger partial charge in [0.2, 0.25) is 5.91 Å². The number of ether oxygens (including phenoxy) is 1. The third-order valence-electron chi connectivity index (χ3n) is 4.03. The van der Waals surface area contributed by atoms with Crippen LogP contribution in [0, 0.1) is 0 Å². The standard InChI is InChI=1S/C18H20N2O3S/c1-23-18(22)15-12-24-16(19-15)11-20(14-8-9-14)17(21)10-7-13-5-3-2-4-6-13/h2-6,12,14H,7-11H2,1H3. The van der Waals surface area contributed by atoms with Gasteiger partial charge in [0.15, 0.2) is 5.69 Å². The minimum atomic E-state index is -0.439. The number of nitrogens with zero attached hydrogens (tertiary/aromatic N) is 2. The highest BCUT2D eigenvalue weighted by Crippen LogP contribution is 2.29. The van der Waals surface area contributed by atoms with Crippen LogP contribution in [0.3, 0.4) is 0 Å². The lowest BCUT2D eigenvalue weighted by Crippen LogP contribution is -2.32. The van der Waals surface area contributed by atoms with Crippen molar-refractivity contribution in [3.63, 3.8) is 0 Å². The summed E-state index contributed by atoms with van der Waals surface area (Å²) in [7, 11) is 1.34. The molecule has 24 heavy (non-hydrogen) atoms. The number of aryl methyl sites for hydroxylation is 1. The maximum absolute atomic E-state index is 12.6. The Balaban J connectivity index is 1.61. The first kappa shape index (κ1) is 16.6. The summed E-state index contributed by atoms with van der Waals surface area (Å²) in [5.74, 6) is -0.290. The first-order valence-corrected chi connectivity index (χ1v) is 8.91. The van der Waals surface area contributed by atoms with Crippen LogP contribution in [0.25, 0.3) is 0 Å². The Morgan fingerprint density at radius 2 is 2.04 bits per heavy atom. The van der Waals surface area contributed by atoms with Gasteiger partial charge < -0.3 is 9.64 Å². The number of carbonyl (C=O) groups is 2. The van der Waals surface area contributed by atoms with Crippen LogP contribution in [0.1, 0.15) is 40.3 Å². The van der Waals surface area contributed by atoms with Crippen LogP contribution in [0.2, 0.25) is 0 Å². The summed E-state index contributed by atoms with van der Waals surface area (Å²) in [5, 5.41) is 2.45. The second-order valence-electron chi connectivity index (χ2n) is 5.86. The Morgan fingerprint density at radius 3 is 2.71 bits per heavy atom. The summed E-state index contributed by atoms with van der Waals surface area (Å²) in [6.07, 6.45) is 3.34. The molecule has 126 valence electrons. The Kier molecular flexibility index (Phi) is 5.25. The first-order chi connectivity index (χ1) is 11.7. The van der Waals surface area contributed by atoms with Gasteiger partial charge in [-0.05, 0) is 24.8 Å². The molecule has 0 saturated heterocycles. The van der Waals surface area contributed by atoms with Gasteiger partial charge in [0.25, 0.3) is 0 Å². The maximum atomic E-state index is 12.6. The van der Waals surface area contributed by atoms with Crippen molar-refractivity contribution in [2.75, 3.05) is 7.11 Å². The second kappa shape index (κ2) is 7.57. The molecule has 1 fully saturated rings. The predicted octanol–water partition coefficient (Wildman–Crippen LogP) is 3.05.